The average molecular weight is 270 g/mol. The number of sulfonamides is 1. The van der Waals surface area contributed by atoms with E-state index in [0.29, 0.717) is 5.69 Å². The molecule has 1 aromatic rings. The van der Waals surface area contributed by atoms with Crippen LogP contribution in [0.25, 0.3) is 0 Å². The van der Waals surface area contributed by atoms with Gasteiger partial charge in [-0.3, -0.25) is 4.72 Å². The van der Waals surface area contributed by atoms with Crippen molar-refractivity contribution in [3.8, 4) is 0 Å². The van der Waals surface area contributed by atoms with Crippen LogP contribution in [-0.2, 0) is 10.0 Å². The van der Waals surface area contributed by atoms with Crippen LogP contribution in [0.4, 0.5) is 11.4 Å². The van der Waals surface area contributed by atoms with Gasteiger partial charge < -0.3 is 5.32 Å². The number of nitrogens with one attached hydrogen (secondary N) is 2. The molecule has 1 aromatic carbocycles. The van der Waals surface area contributed by atoms with Gasteiger partial charge in [0.05, 0.1) is 17.6 Å². The van der Waals surface area contributed by atoms with Gasteiger partial charge in [0.25, 0.3) is 0 Å². The van der Waals surface area contributed by atoms with Crippen molar-refractivity contribution in [2.45, 2.75) is 32.6 Å². The summed E-state index contributed by atoms with van der Waals surface area (Å²) in [6.07, 6.45) is 5.91. The highest BCUT2D eigenvalue weighted by molar-refractivity contribution is 7.92. The van der Waals surface area contributed by atoms with E-state index in [-0.39, 0.29) is 0 Å². The summed E-state index contributed by atoms with van der Waals surface area (Å²) in [6, 6.07) is 7.35. The van der Waals surface area contributed by atoms with Crippen molar-refractivity contribution in [2.75, 3.05) is 22.8 Å². The highest BCUT2D eigenvalue weighted by Crippen LogP contribution is 2.21. The van der Waals surface area contributed by atoms with Crippen LogP contribution in [0.2, 0.25) is 0 Å². The Morgan fingerprint density at radius 2 is 1.72 bits per heavy atom. The Bertz CT molecular complexity index is 458. The molecule has 0 unspecified atom stereocenters. The van der Waals surface area contributed by atoms with Crippen LogP contribution in [0.15, 0.2) is 24.3 Å². The Hall–Kier alpha value is -1.23. The van der Waals surface area contributed by atoms with Gasteiger partial charge >= 0.3 is 0 Å². The van der Waals surface area contributed by atoms with E-state index in [1.807, 2.05) is 18.2 Å². The first kappa shape index (κ1) is 14.8. The lowest BCUT2D eigenvalue weighted by Gasteiger charge is -2.12. The maximum Gasteiger partial charge on any atom is 0.229 e. The second-order valence-electron chi connectivity index (χ2n) is 4.41. The van der Waals surface area contributed by atoms with E-state index in [0.717, 1.165) is 24.9 Å². The molecular weight excluding hydrogens is 248 g/mol. The molecule has 0 bridgehead atoms. The molecule has 0 saturated carbocycles. The van der Waals surface area contributed by atoms with Gasteiger partial charge in [-0.1, -0.05) is 38.3 Å². The third-order valence-corrected chi connectivity index (χ3v) is 3.16. The molecule has 0 saturated heterocycles. The number of unbranched alkanes of at least 4 members (excludes halogenated alkanes) is 3. The van der Waals surface area contributed by atoms with E-state index in [9.17, 15) is 8.42 Å². The van der Waals surface area contributed by atoms with Crippen LogP contribution in [0.1, 0.15) is 32.6 Å². The van der Waals surface area contributed by atoms with E-state index >= 15 is 0 Å². The number of benzene rings is 1. The lowest BCUT2D eigenvalue weighted by Crippen LogP contribution is -2.12. The Balaban J connectivity index is 2.54. The summed E-state index contributed by atoms with van der Waals surface area (Å²) >= 11 is 0. The topological polar surface area (TPSA) is 58.2 Å². The zero-order valence-electron chi connectivity index (χ0n) is 11.1. The standard InChI is InChI=1S/C13H22N2O2S/c1-3-4-5-8-11-14-12-9-6-7-10-13(12)15-18(2,16)17/h6-7,9-10,14-15H,3-5,8,11H2,1-2H3. The quantitative estimate of drug-likeness (QED) is 0.714. The minimum absolute atomic E-state index is 0.607. The van der Waals surface area contributed by atoms with Crippen LogP contribution < -0.4 is 10.0 Å². The van der Waals surface area contributed by atoms with E-state index in [2.05, 4.69) is 17.0 Å². The first-order chi connectivity index (χ1) is 8.53. The largest absolute Gasteiger partial charge is 0.383 e. The number of para-hydroxylation sites is 2. The summed E-state index contributed by atoms with van der Waals surface area (Å²) in [6.45, 7) is 3.04. The molecule has 18 heavy (non-hydrogen) atoms. The zero-order chi connectivity index (χ0) is 13.4. The smallest absolute Gasteiger partial charge is 0.229 e. The molecule has 0 spiro atoms. The molecule has 0 aromatic heterocycles. The SMILES string of the molecule is CCCCCCNc1ccccc1NS(C)(=O)=O. The Morgan fingerprint density at radius 1 is 1.06 bits per heavy atom. The maximum absolute atomic E-state index is 11.2. The second kappa shape index (κ2) is 7.26. The highest BCUT2D eigenvalue weighted by Gasteiger charge is 2.05. The summed E-state index contributed by atoms with van der Waals surface area (Å²) in [7, 11) is -3.23. The van der Waals surface area contributed by atoms with Crippen LogP contribution >= 0.6 is 0 Å². The van der Waals surface area contributed by atoms with E-state index in [4.69, 9.17) is 0 Å². The number of rotatable bonds is 8. The lowest BCUT2D eigenvalue weighted by molar-refractivity contribution is 0.607. The molecule has 4 nitrogen and oxygen atoms in total. The molecule has 0 aliphatic rings. The monoisotopic (exact) mass is 270 g/mol. The molecule has 0 radical (unpaired) electrons. The molecule has 2 N–H and O–H groups in total. The fourth-order valence-corrected chi connectivity index (χ4v) is 2.28. The van der Waals surface area contributed by atoms with Crippen LogP contribution in [0, 0.1) is 0 Å². The zero-order valence-corrected chi connectivity index (χ0v) is 11.9. The van der Waals surface area contributed by atoms with Crippen LogP contribution in [-0.4, -0.2) is 21.2 Å². The molecule has 0 aliphatic heterocycles. The predicted molar refractivity (Wildman–Crippen MR) is 77.5 cm³/mol. The van der Waals surface area contributed by atoms with E-state index in [1.54, 1.807) is 6.07 Å². The van der Waals surface area contributed by atoms with Crippen molar-refractivity contribution in [2.24, 2.45) is 0 Å². The first-order valence-corrected chi connectivity index (χ1v) is 8.23. The van der Waals surface area contributed by atoms with Gasteiger partial charge in [0.2, 0.25) is 10.0 Å². The minimum atomic E-state index is -3.23. The normalized spacial score (nSPS) is 11.2. The number of hydrogen-bond acceptors (Lipinski definition) is 3. The lowest BCUT2D eigenvalue weighted by atomic mass is 10.2. The van der Waals surface area contributed by atoms with Gasteiger partial charge in [0.1, 0.15) is 0 Å². The summed E-state index contributed by atoms with van der Waals surface area (Å²) in [5.41, 5.74) is 1.44. The van der Waals surface area contributed by atoms with Gasteiger partial charge in [-0.25, -0.2) is 8.42 Å². The molecule has 0 heterocycles. The Labute approximate surface area is 110 Å². The van der Waals surface area contributed by atoms with Crippen molar-refractivity contribution in [1.29, 1.82) is 0 Å². The average Bonchev–Trinajstić information content (AvgIpc) is 2.29. The molecular formula is C13H22N2O2S. The van der Waals surface area contributed by atoms with Gasteiger partial charge in [0, 0.05) is 6.54 Å². The Kier molecular flexibility index (Phi) is 5.98. The molecule has 0 fully saturated rings. The third kappa shape index (κ3) is 5.91. The molecule has 0 atom stereocenters. The summed E-state index contributed by atoms with van der Waals surface area (Å²) < 4.78 is 25.0. The van der Waals surface area contributed by atoms with E-state index < -0.39 is 10.0 Å². The van der Waals surface area contributed by atoms with Crippen molar-refractivity contribution in [3.63, 3.8) is 0 Å². The van der Waals surface area contributed by atoms with Crippen molar-refractivity contribution < 1.29 is 8.42 Å². The first-order valence-electron chi connectivity index (χ1n) is 6.33. The summed E-state index contributed by atoms with van der Waals surface area (Å²) in [5.74, 6) is 0. The van der Waals surface area contributed by atoms with Gasteiger partial charge in [-0.2, -0.15) is 0 Å². The third-order valence-electron chi connectivity index (χ3n) is 2.57. The minimum Gasteiger partial charge on any atom is -0.383 e. The van der Waals surface area contributed by atoms with Crippen LogP contribution in [0.3, 0.4) is 0 Å². The van der Waals surface area contributed by atoms with Gasteiger partial charge in [0.15, 0.2) is 0 Å². The summed E-state index contributed by atoms with van der Waals surface area (Å²) in [5, 5.41) is 3.27. The molecule has 5 heteroatoms. The number of hydrogen-bond donors (Lipinski definition) is 2. The predicted octanol–water partition coefficient (Wildman–Crippen LogP) is 3.05. The van der Waals surface area contributed by atoms with Crippen molar-refractivity contribution >= 4 is 21.4 Å². The van der Waals surface area contributed by atoms with E-state index in [1.165, 1.54) is 19.3 Å². The van der Waals surface area contributed by atoms with Crippen LogP contribution in [0.5, 0.6) is 0 Å². The molecule has 0 aliphatic carbocycles. The molecule has 102 valence electrons. The maximum atomic E-state index is 11.2. The fourth-order valence-electron chi connectivity index (χ4n) is 1.70. The fraction of sp³-hybridized carbons (Fsp3) is 0.538. The van der Waals surface area contributed by atoms with Crippen molar-refractivity contribution in [1.82, 2.24) is 0 Å². The summed E-state index contributed by atoms with van der Waals surface area (Å²) in [4.78, 5) is 0. The second-order valence-corrected chi connectivity index (χ2v) is 6.16. The molecule has 1 rings (SSSR count). The van der Waals surface area contributed by atoms with Crippen molar-refractivity contribution in [3.05, 3.63) is 24.3 Å². The highest BCUT2D eigenvalue weighted by atomic mass is 32.2. The van der Waals surface area contributed by atoms with Gasteiger partial charge in [-0.05, 0) is 18.6 Å². The Morgan fingerprint density at radius 3 is 2.33 bits per heavy atom. The number of anilines is 2. The molecule has 0 amide bonds. The van der Waals surface area contributed by atoms with Gasteiger partial charge in [-0.15, -0.1) is 0 Å².